The molecule has 1 aromatic heterocycles. The van der Waals surface area contributed by atoms with Crippen LogP contribution in [0.3, 0.4) is 0 Å². The van der Waals surface area contributed by atoms with Crippen molar-refractivity contribution in [3.63, 3.8) is 0 Å². The van der Waals surface area contributed by atoms with E-state index in [1.54, 1.807) is 25.1 Å². The minimum atomic E-state index is -0.485. The lowest BCUT2D eigenvalue weighted by molar-refractivity contribution is -0.384. The quantitative estimate of drug-likeness (QED) is 0.687. The first-order valence-corrected chi connectivity index (χ1v) is 6.26. The number of hydrogen-bond donors (Lipinski definition) is 1. The average Bonchev–Trinajstić information content (AvgIpc) is 2.37. The molecule has 0 atom stereocenters. The molecule has 0 radical (unpaired) electrons. The minimum Gasteiger partial charge on any atom is -0.306 e. The third-order valence-electron chi connectivity index (χ3n) is 3.08. The molecule has 104 valence electrons. The van der Waals surface area contributed by atoms with Gasteiger partial charge in [0.05, 0.1) is 10.5 Å². The lowest BCUT2D eigenvalue weighted by Gasteiger charge is -2.09. The molecule has 0 amide bonds. The predicted octanol–water partition coefficient (Wildman–Crippen LogP) is 2.78. The minimum absolute atomic E-state index is 0.0473. The molecule has 0 aliphatic carbocycles. The fraction of sp³-hybridized carbons (Fsp3) is 0.286. The Morgan fingerprint density at radius 3 is 2.50 bits per heavy atom. The van der Waals surface area contributed by atoms with E-state index in [1.807, 2.05) is 13.8 Å². The van der Waals surface area contributed by atoms with E-state index in [0.717, 1.165) is 0 Å². The lowest BCUT2D eigenvalue weighted by Crippen LogP contribution is -2.18. The Morgan fingerprint density at radius 1 is 1.30 bits per heavy atom. The summed E-state index contributed by atoms with van der Waals surface area (Å²) in [7, 11) is 0. The van der Waals surface area contributed by atoms with Crippen LogP contribution in [0.25, 0.3) is 11.4 Å². The third-order valence-corrected chi connectivity index (χ3v) is 3.08. The van der Waals surface area contributed by atoms with Crippen LogP contribution < -0.4 is 5.56 Å². The molecule has 2 rings (SSSR count). The van der Waals surface area contributed by atoms with Crippen molar-refractivity contribution in [2.24, 2.45) is 0 Å². The topological polar surface area (TPSA) is 88.9 Å². The first kappa shape index (κ1) is 13.9. The number of hydrogen-bond acceptors (Lipinski definition) is 4. The number of nitro groups is 1. The van der Waals surface area contributed by atoms with Gasteiger partial charge in [0, 0.05) is 17.3 Å². The van der Waals surface area contributed by atoms with Crippen LogP contribution >= 0.6 is 0 Å². The van der Waals surface area contributed by atoms with Crippen molar-refractivity contribution >= 4 is 5.69 Å². The van der Waals surface area contributed by atoms with Gasteiger partial charge >= 0.3 is 0 Å². The number of aromatic nitrogens is 2. The van der Waals surface area contributed by atoms with Crippen LogP contribution in [0.1, 0.15) is 31.0 Å². The van der Waals surface area contributed by atoms with Crippen LogP contribution in [-0.2, 0) is 0 Å². The Bertz CT molecular complexity index is 720. The molecule has 0 unspecified atom stereocenters. The highest BCUT2D eigenvalue weighted by Gasteiger charge is 2.18. The molecule has 1 aromatic carbocycles. The van der Waals surface area contributed by atoms with Crippen LogP contribution in [0.4, 0.5) is 5.69 Å². The van der Waals surface area contributed by atoms with Gasteiger partial charge in [-0.2, -0.15) is 0 Å². The zero-order valence-electron chi connectivity index (χ0n) is 11.5. The Balaban J connectivity index is 2.67. The van der Waals surface area contributed by atoms with Crippen LogP contribution in [0.5, 0.6) is 0 Å². The molecule has 0 fully saturated rings. The van der Waals surface area contributed by atoms with E-state index in [4.69, 9.17) is 0 Å². The molecule has 0 bridgehead atoms. The second-order valence-electron chi connectivity index (χ2n) is 4.84. The summed E-state index contributed by atoms with van der Waals surface area (Å²) in [6.45, 7) is 5.55. The summed E-state index contributed by atoms with van der Waals surface area (Å²) in [4.78, 5) is 29.6. The van der Waals surface area contributed by atoms with Crippen LogP contribution in [0.2, 0.25) is 0 Å². The zero-order chi connectivity index (χ0) is 14.9. The smallest absolute Gasteiger partial charge is 0.280 e. The number of nitrogens with zero attached hydrogens (tertiary/aromatic N) is 2. The Kier molecular flexibility index (Phi) is 3.65. The summed E-state index contributed by atoms with van der Waals surface area (Å²) in [5.41, 5.74) is 1.19. The van der Waals surface area contributed by atoms with Crippen LogP contribution in [0.15, 0.2) is 29.1 Å². The first-order valence-electron chi connectivity index (χ1n) is 6.26. The van der Waals surface area contributed by atoms with Gasteiger partial charge in [-0.3, -0.25) is 14.9 Å². The fourth-order valence-electron chi connectivity index (χ4n) is 2.24. The summed E-state index contributed by atoms with van der Waals surface area (Å²) in [5.74, 6) is 0.273. The Labute approximate surface area is 115 Å². The van der Waals surface area contributed by atoms with Gasteiger partial charge in [-0.1, -0.05) is 26.0 Å². The Morgan fingerprint density at radius 2 is 1.95 bits per heavy atom. The van der Waals surface area contributed by atoms with Crippen molar-refractivity contribution in [2.75, 3.05) is 0 Å². The van der Waals surface area contributed by atoms with E-state index in [-0.39, 0.29) is 23.0 Å². The Hall–Kier alpha value is -2.50. The van der Waals surface area contributed by atoms with E-state index in [1.165, 1.54) is 6.07 Å². The zero-order valence-corrected chi connectivity index (χ0v) is 11.5. The molecule has 0 spiro atoms. The molecule has 0 saturated heterocycles. The monoisotopic (exact) mass is 273 g/mol. The standard InChI is InChI=1S/C14H15N3O3/c1-8(2)12-9(3)15-13(16-14(12)18)10-6-4-5-7-11(10)17(19)20/h4-8H,1-3H3,(H,15,16,18). The van der Waals surface area contributed by atoms with Crippen molar-refractivity contribution < 1.29 is 4.92 Å². The van der Waals surface area contributed by atoms with Crippen molar-refractivity contribution in [1.29, 1.82) is 0 Å². The van der Waals surface area contributed by atoms with Gasteiger partial charge in [0.2, 0.25) is 0 Å². The second kappa shape index (κ2) is 5.24. The number of H-pyrrole nitrogens is 1. The molecule has 1 N–H and O–H groups in total. The van der Waals surface area contributed by atoms with Gasteiger partial charge in [-0.25, -0.2) is 4.98 Å². The van der Waals surface area contributed by atoms with Crippen molar-refractivity contribution in [2.45, 2.75) is 26.7 Å². The highest BCUT2D eigenvalue weighted by atomic mass is 16.6. The molecule has 0 saturated carbocycles. The summed E-state index contributed by atoms with van der Waals surface area (Å²) < 4.78 is 0. The van der Waals surface area contributed by atoms with E-state index in [2.05, 4.69) is 9.97 Å². The number of aromatic amines is 1. The van der Waals surface area contributed by atoms with E-state index in [0.29, 0.717) is 16.8 Å². The molecule has 0 aliphatic heterocycles. The lowest BCUT2D eigenvalue weighted by atomic mass is 10.0. The van der Waals surface area contributed by atoms with Crippen molar-refractivity contribution in [3.05, 3.63) is 56.0 Å². The predicted molar refractivity (Wildman–Crippen MR) is 75.8 cm³/mol. The summed E-state index contributed by atoms with van der Waals surface area (Å²) in [5, 5.41) is 11.0. The molecule has 2 aromatic rings. The van der Waals surface area contributed by atoms with Crippen molar-refractivity contribution in [1.82, 2.24) is 9.97 Å². The maximum absolute atomic E-state index is 12.1. The van der Waals surface area contributed by atoms with Gasteiger partial charge in [-0.05, 0) is 18.9 Å². The van der Waals surface area contributed by atoms with Crippen LogP contribution in [0, 0.1) is 17.0 Å². The van der Waals surface area contributed by atoms with Gasteiger partial charge < -0.3 is 4.98 Å². The number of para-hydroxylation sites is 1. The van der Waals surface area contributed by atoms with Crippen LogP contribution in [-0.4, -0.2) is 14.9 Å². The molecule has 0 aliphatic rings. The maximum atomic E-state index is 12.1. The van der Waals surface area contributed by atoms with E-state index in [9.17, 15) is 14.9 Å². The number of nitrogens with one attached hydrogen (secondary N) is 1. The summed E-state index contributed by atoms with van der Waals surface area (Å²) in [6.07, 6.45) is 0. The average molecular weight is 273 g/mol. The number of nitro benzene ring substituents is 1. The summed E-state index contributed by atoms with van der Waals surface area (Å²) >= 11 is 0. The molecule has 20 heavy (non-hydrogen) atoms. The highest BCUT2D eigenvalue weighted by Crippen LogP contribution is 2.26. The second-order valence-corrected chi connectivity index (χ2v) is 4.84. The molecule has 6 nitrogen and oxygen atoms in total. The highest BCUT2D eigenvalue weighted by molar-refractivity contribution is 5.67. The fourth-order valence-corrected chi connectivity index (χ4v) is 2.24. The SMILES string of the molecule is Cc1nc(-c2ccccc2[N+](=O)[O-])[nH]c(=O)c1C(C)C. The largest absolute Gasteiger partial charge is 0.306 e. The first-order chi connectivity index (χ1) is 9.41. The van der Waals surface area contributed by atoms with Gasteiger partial charge in [0.25, 0.3) is 11.2 Å². The number of benzene rings is 1. The number of rotatable bonds is 3. The normalized spacial score (nSPS) is 10.8. The molecular formula is C14H15N3O3. The van der Waals surface area contributed by atoms with Crippen molar-refractivity contribution in [3.8, 4) is 11.4 Å². The maximum Gasteiger partial charge on any atom is 0.280 e. The van der Waals surface area contributed by atoms with E-state index >= 15 is 0 Å². The molecular weight excluding hydrogens is 258 g/mol. The summed E-state index contributed by atoms with van der Waals surface area (Å²) in [6, 6.07) is 6.22. The van der Waals surface area contributed by atoms with Gasteiger partial charge in [-0.15, -0.1) is 0 Å². The van der Waals surface area contributed by atoms with Gasteiger partial charge in [0.15, 0.2) is 0 Å². The third kappa shape index (κ3) is 2.45. The molecule has 1 heterocycles. The number of aryl methyl sites for hydroxylation is 1. The van der Waals surface area contributed by atoms with E-state index < -0.39 is 4.92 Å². The molecule has 6 heteroatoms. The van der Waals surface area contributed by atoms with Gasteiger partial charge in [0.1, 0.15) is 5.82 Å².